The molecule has 0 amide bonds. The molecule has 2 aliphatic rings. The van der Waals surface area contributed by atoms with Gasteiger partial charge in [-0.05, 0) is 42.9 Å². The molecule has 0 radical (unpaired) electrons. The lowest BCUT2D eigenvalue weighted by molar-refractivity contribution is 0.312. The minimum atomic E-state index is 0.757. The van der Waals surface area contributed by atoms with Gasteiger partial charge in [0.2, 0.25) is 0 Å². The van der Waals surface area contributed by atoms with E-state index in [0.717, 1.165) is 24.9 Å². The maximum absolute atomic E-state index is 3.68. The Balaban J connectivity index is 1.66. The third-order valence-electron chi connectivity index (χ3n) is 4.57. The van der Waals surface area contributed by atoms with Crippen LogP contribution in [0.5, 0.6) is 0 Å². The monoisotopic (exact) mass is 244 g/mol. The Morgan fingerprint density at radius 2 is 2.06 bits per heavy atom. The predicted molar refractivity (Wildman–Crippen MR) is 75.6 cm³/mol. The largest absolute Gasteiger partial charge is 0.312 e. The normalized spacial score (nSPS) is 28.3. The first-order valence-electron chi connectivity index (χ1n) is 7.39. The van der Waals surface area contributed by atoms with Crippen LogP contribution in [0.15, 0.2) is 24.3 Å². The number of fused-ring (bicyclic) bond motifs is 1. The van der Waals surface area contributed by atoms with Crippen LogP contribution >= 0.6 is 0 Å². The summed E-state index contributed by atoms with van der Waals surface area (Å²) in [5.41, 5.74) is 3.04. The fourth-order valence-corrected chi connectivity index (χ4v) is 3.56. The van der Waals surface area contributed by atoms with Crippen LogP contribution < -0.4 is 5.32 Å². The molecule has 1 aromatic rings. The average molecular weight is 244 g/mol. The molecule has 1 N–H and O–H groups in total. The summed E-state index contributed by atoms with van der Waals surface area (Å²) in [6.07, 6.45) is 3.93. The standard InChI is InChI=1S/C16H24N2/c1-2-13-6-3-4-7-14(13)10-18-11-15-8-5-9-17-16(15)12-18/h3-4,6-7,15-17H,2,5,8-12H2,1H3/t15-,16+/m0/s1. The third kappa shape index (κ3) is 2.45. The zero-order valence-corrected chi connectivity index (χ0v) is 11.4. The minimum Gasteiger partial charge on any atom is -0.312 e. The minimum absolute atomic E-state index is 0.757. The molecule has 2 saturated heterocycles. The number of benzene rings is 1. The smallest absolute Gasteiger partial charge is 0.0237 e. The molecule has 0 unspecified atom stereocenters. The molecule has 0 spiro atoms. The molecular formula is C16H24N2. The lowest BCUT2D eigenvalue weighted by atomic mass is 9.94. The number of aryl methyl sites for hydroxylation is 1. The van der Waals surface area contributed by atoms with E-state index in [1.165, 1.54) is 43.6 Å². The molecule has 0 saturated carbocycles. The number of piperidine rings is 1. The van der Waals surface area contributed by atoms with Crippen LogP contribution in [0, 0.1) is 5.92 Å². The molecule has 3 rings (SSSR count). The van der Waals surface area contributed by atoms with Crippen molar-refractivity contribution < 1.29 is 0 Å². The van der Waals surface area contributed by atoms with Gasteiger partial charge in [0.25, 0.3) is 0 Å². The van der Waals surface area contributed by atoms with Gasteiger partial charge in [-0.25, -0.2) is 0 Å². The second-order valence-corrected chi connectivity index (χ2v) is 5.78. The van der Waals surface area contributed by atoms with Crippen LogP contribution in [0.2, 0.25) is 0 Å². The van der Waals surface area contributed by atoms with Crippen LogP contribution in [0.4, 0.5) is 0 Å². The van der Waals surface area contributed by atoms with Crippen LogP contribution in [0.1, 0.15) is 30.9 Å². The predicted octanol–water partition coefficient (Wildman–Crippen LogP) is 2.43. The second kappa shape index (κ2) is 5.41. The number of rotatable bonds is 3. The van der Waals surface area contributed by atoms with Crippen molar-refractivity contribution >= 4 is 0 Å². The van der Waals surface area contributed by atoms with E-state index in [1.807, 2.05) is 0 Å². The summed E-state index contributed by atoms with van der Waals surface area (Å²) in [6, 6.07) is 9.67. The van der Waals surface area contributed by atoms with Gasteiger partial charge in [0.15, 0.2) is 0 Å². The number of hydrogen-bond donors (Lipinski definition) is 1. The lowest BCUT2D eigenvalue weighted by Crippen LogP contribution is -2.40. The lowest BCUT2D eigenvalue weighted by Gasteiger charge is -2.24. The van der Waals surface area contributed by atoms with E-state index in [2.05, 4.69) is 41.4 Å². The van der Waals surface area contributed by atoms with Gasteiger partial charge in [-0.1, -0.05) is 31.2 Å². The summed E-state index contributed by atoms with van der Waals surface area (Å²) in [7, 11) is 0. The van der Waals surface area contributed by atoms with Crippen molar-refractivity contribution in [1.29, 1.82) is 0 Å². The second-order valence-electron chi connectivity index (χ2n) is 5.78. The number of nitrogens with one attached hydrogen (secondary N) is 1. The van der Waals surface area contributed by atoms with Crippen molar-refractivity contribution in [1.82, 2.24) is 10.2 Å². The quantitative estimate of drug-likeness (QED) is 0.878. The van der Waals surface area contributed by atoms with Gasteiger partial charge in [-0.2, -0.15) is 0 Å². The highest BCUT2D eigenvalue weighted by atomic mass is 15.2. The average Bonchev–Trinajstić information content (AvgIpc) is 2.81. The van der Waals surface area contributed by atoms with Gasteiger partial charge in [0, 0.05) is 25.7 Å². The Labute approximate surface area is 110 Å². The Bertz CT molecular complexity index is 388. The summed E-state index contributed by atoms with van der Waals surface area (Å²) >= 11 is 0. The summed E-state index contributed by atoms with van der Waals surface area (Å²) in [4.78, 5) is 2.64. The molecule has 98 valence electrons. The van der Waals surface area contributed by atoms with Gasteiger partial charge in [0.05, 0.1) is 0 Å². The Hall–Kier alpha value is -0.860. The van der Waals surface area contributed by atoms with Crippen molar-refractivity contribution in [2.24, 2.45) is 5.92 Å². The summed E-state index contributed by atoms with van der Waals surface area (Å²) in [5.74, 6) is 0.896. The molecule has 2 heteroatoms. The zero-order valence-electron chi connectivity index (χ0n) is 11.4. The van der Waals surface area contributed by atoms with E-state index in [-0.39, 0.29) is 0 Å². The Morgan fingerprint density at radius 3 is 2.83 bits per heavy atom. The molecule has 0 aliphatic carbocycles. The molecule has 2 nitrogen and oxygen atoms in total. The molecule has 18 heavy (non-hydrogen) atoms. The van der Waals surface area contributed by atoms with E-state index in [0.29, 0.717) is 0 Å². The number of hydrogen-bond acceptors (Lipinski definition) is 2. The highest BCUT2D eigenvalue weighted by Crippen LogP contribution is 2.26. The molecule has 0 bridgehead atoms. The van der Waals surface area contributed by atoms with Gasteiger partial charge in [-0.3, -0.25) is 4.90 Å². The van der Waals surface area contributed by atoms with Gasteiger partial charge in [-0.15, -0.1) is 0 Å². The molecular weight excluding hydrogens is 220 g/mol. The van der Waals surface area contributed by atoms with E-state index in [1.54, 1.807) is 0 Å². The summed E-state index contributed by atoms with van der Waals surface area (Å²) in [6.45, 7) is 7.14. The van der Waals surface area contributed by atoms with Crippen LogP contribution in [0.25, 0.3) is 0 Å². The summed E-state index contributed by atoms with van der Waals surface area (Å²) < 4.78 is 0. The summed E-state index contributed by atoms with van der Waals surface area (Å²) in [5, 5.41) is 3.68. The van der Waals surface area contributed by atoms with Crippen molar-refractivity contribution in [2.45, 2.75) is 38.8 Å². The molecule has 0 aromatic heterocycles. The molecule has 2 heterocycles. The van der Waals surface area contributed by atoms with Crippen LogP contribution in [0.3, 0.4) is 0 Å². The molecule has 1 aromatic carbocycles. The molecule has 2 aliphatic heterocycles. The van der Waals surface area contributed by atoms with Crippen molar-refractivity contribution in [3.8, 4) is 0 Å². The first-order valence-corrected chi connectivity index (χ1v) is 7.39. The maximum atomic E-state index is 3.68. The topological polar surface area (TPSA) is 15.3 Å². The molecule has 2 atom stereocenters. The van der Waals surface area contributed by atoms with Crippen molar-refractivity contribution in [3.05, 3.63) is 35.4 Å². The van der Waals surface area contributed by atoms with E-state index >= 15 is 0 Å². The van der Waals surface area contributed by atoms with Crippen molar-refractivity contribution in [2.75, 3.05) is 19.6 Å². The zero-order chi connectivity index (χ0) is 12.4. The Morgan fingerprint density at radius 1 is 1.22 bits per heavy atom. The van der Waals surface area contributed by atoms with Crippen LogP contribution in [-0.2, 0) is 13.0 Å². The fourth-order valence-electron chi connectivity index (χ4n) is 3.56. The molecule has 2 fully saturated rings. The first kappa shape index (κ1) is 12.2. The van der Waals surface area contributed by atoms with Gasteiger partial charge >= 0.3 is 0 Å². The highest BCUT2D eigenvalue weighted by molar-refractivity contribution is 5.27. The number of likely N-dealkylation sites (tertiary alicyclic amines) is 1. The van der Waals surface area contributed by atoms with E-state index < -0.39 is 0 Å². The maximum Gasteiger partial charge on any atom is 0.0237 e. The van der Waals surface area contributed by atoms with Gasteiger partial charge in [0.1, 0.15) is 0 Å². The van der Waals surface area contributed by atoms with E-state index in [4.69, 9.17) is 0 Å². The van der Waals surface area contributed by atoms with E-state index in [9.17, 15) is 0 Å². The van der Waals surface area contributed by atoms with Crippen molar-refractivity contribution in [3.63, 3.8) is 0 Å². The highest BCUT2D eigenvalue weighted by Gasteiger charge is 2.33. The first-order chi connectivity index (χ1) is 8.86. The fraction of sp³-hybridized carbons (Fsp3) is 0.625. The van der Waals surface area contributed by atoms with Gasteiger partial charge < -0.3 is 5.32 Å². The number of nitrogens with zero attached hydrogens (tertiary/aromatic N) is 1. The SMILES string of the molecule is CCc1ccccc1CN1C[C@@H]2CCCN[C@@H]2C1. The van der Waals surface area contributed by atoms with Crippen LogP contribution in [-0.4, -0.2) is 30.6 Å². The Kier molecular flexibility index (Phi) is 3.67. The third-order valence-corrected chi connectivity index (χ3v) is 4.57.